The Balaban J connectivity index is 1.67. The van der Waals surface area contributed by atoms with Gasteiger partial charge >= 0.3 is 0 Å². The molecule has 1 N–H and O–H groups in total. The molecule has 1 fully saturated rings. The van der Waals surface area contributed by atoms with E-state index in [1.807, 2.05) is 6.92 Å². The minimum Gasteiger partial charge on any atom is -0.487 e. The summed E-state index contributed by atoms with van der Waals surface area (Å²) in [6, 6.07) is 4.77. The molecule has 1 aromatic heterocycles. The molecular formula is C22H25F2N3O3. The van der Waals surface area contributed by atoms with Crippen molar-refractivity contribution in [3.05, 3.63) is 52.6 Å². The van der Waals surface area contributed by atoms with Gasteiger partial charge in [0.25, 0.3) is 12.3 Å². The lowest BCUT2D eigenvalue weighted by Crippen LogP contribution is -2.28. The fourth-order valence-corrected chi connectivity index (χ4v) is 3.28. The molecule has 1 aromatic carbocycles. The summed E-state index contributed by atoms with van der Waals surface area (Å²) in [5, 5.41) is 2.88. The van der Waals surface area contributed by atoms with Crippen LogP contribution in [-0.4, -0.2) is 34.7 Å². The van der Waals surface area contributed by atoms with Crippen LogP contribution in [0.15, 0.2) is 24.4 Å². The number of carbonyl (C=O) groups excluding carboxylic acids is 2. The maximum atomic E-state index is 12.6. The maximum Gasteiger partial charge on any atom is 0.272 e. The highest BCUT2D eigenvalue weighted by Crippen LogP contribution is 2.30. The van der Waals surface area contributed by atoms with Crippen LogP contribution >= 0.6 is 0 Å². The molecule has 1 amide bonds. The first-order chi connectivity index (χ1) is 14.2. The van der Waals surface area contributed by atoms with E-state index in [1.165, 1.54) is 12.3 Å². The van der Waals surface area contributed by atoms with E-state index in [0.717, 1.165) is 29.5 Å². The third-order valence-corrected chi connectivity index (χ3v) is 4.99. The molecule has 1 atom stereocenters. The van der Waals surface area contributed by atoms with Gasteiger partial charge in [0.15, 0.2) is 0 Å². The molecule has 3 rings (SSSR count). The van der Waals surface area contributed by atoms with E-state index in [4.69, 9.17) is 4.74 Å². The van der Waals surface area contributed by atoms with Crippen molar-refractivity contribution in [2.75, 3.05) is 6.61 Å². The maximum absolute atomic E-state index is 12.6. The number of nitrogens with zero attached hydrogens (tertiary/aromatic N) is 2. The molecule has 8 heteroatoms. The van der Waals surface area contributed by atoms with Gasteiger partial charge in [0.05, 0.1) is 12.5 Å². The summed E-state index contributed by atoms with van der Waals surface area (Å²) in [6.07, 6.45) is 0.910. The van der Waals surface area contributed by atoms with Gasteiger partial charge in [0, 0.05) is 12.1 Å². The molecule has 0 spiro atoms. The standard InChI is InChI=1S/C22H25F2N3O3/c1-12-8-16(9-13(2)21(12)30-11-19(23)24)14(3)26-22(29)17-6-7-25-20(27-17)10-18(28)15-4-5-15/h6-9,14-15,19H,4-5,10-11H2,1-3H3,(H,26,29). The van der Waals surface area contributed by atoms with Crippen LogP contribution in [0, 0.1) is 19.8 Å². The van der Waals surface area contributed by atoms with Gasteiger partial charge in [-0.3, -0.25) is 9.59 Å². The fourth-order valence-electron chi connectivity index (χ4n) is 3.28. The second kappa shape index (κ2) is 9.28. The van der Waals surface area contributed by atoms with E-state index in [1.54, 1.807) is 26.0 Å². The monoisotopic (exact) mass is 417 g/mol. The van der Waals surface area contributed by atoms with Crippen LogP contribution < -0.4 is 10.1 Å². The third kappa shape index (κ3) is 5.58. The number of halogens is 2. The number of benzene rings is 1. The summed E-state index contributed by atoms with van der Waals surface area (Å²) in [5.41, 5.74) is 2.45. The van der Waals surface area contributed by atoms with Crippen molar-refractivity contribution in [2.45, 2.75) is 52.5 Å². The summed E-state index contributed by atoms with van der Waals surface area (Å²) >= 11 is 0. The van der Waals surface area contributed by atoms with Crippen LogP contribution in [0.2, 0.25) is 0 Å². The molecule has 1 aliphatic rings. The molecule has 0 radical (unpaired) electrons. The van der Waals surface area contributed by atoms with E-state index < -0.39 is 13.0 Å². The topological polar surface area (TPSA) is 81.2 Å². The predicted octanol–water partition coefficient (Wildman–Crippen LogP) is 3.75. The van der Waals surface area contributed by atoms with Crippen molar-refractivity contribution in [3.8, 4) is 5.75 Å². The predicted molar refractivity (Wildman–Crippen MR) is 107 cm³/mol. The Bertz CT molecular complexity index is 922. The van der Waals surface area contributed by atoms with Crippen molar-refractivity contribution in [2.24, 2.45) is 5.92 Å². The van der Waals surface area contributed by atoms with Gasteiger partial charge in [-0.05, 0) is 56.4 Å². The Hall–Kier alpha value is -2.90. The summed E-state index contributed by atoms with van der Waals surface area (Å²) < 4.78 is 30.1. The molecule has 30 heavy (non-hydrogen) atoms. The zero-order valence-electron chi connectivity index (χ0n) is 17.2. The van der Waals surface area contributed by atoms with Gasteiger partial charge in [-0.2, -0.15) is 0 Å². The number of rotatable bonds is 9. The first kappa shape index (κ1) is 21.8. The Morgan fingerprint density at radius 1 is 1.23 bits per heavy atom. The summed E-state index contributed by atoms with van der Waals surface area (Å²) in [7, 11) is 0. The first-order valence-electron chi connectivity index (χ1n) is 9.92. The molecule has 2 aromatic rings. The number of ketones is 1. The van der Waals surface area contributed by atoms with E-state index in [-0.39, 0.29) is 35.8 Å². The average molecular weight is 417 g/mol. The smallest absolute Gasteiger partial charge is 0.272 e. The van der Waals surface area contributed by atoms with Crippen LogP contribution in [0.3, 0.4) is 0 Å². The molecule has 0 bridgehead atoms. The van der Waals surface area contributed by atoms with Crippen molar-refractivity contribution in [1.29, 1.82) is 0 Å². The molecule has 1 aliphatic carbocycles. The number of aromatic nitrogens is 2. The number of carbonyl (C=O) groups is 2. The Morgan fingerprint density at radius 3 is 2.50 bits per heavy atom. The number of nitrogens with one attached hydrogen (secondary N) is 1. The molecule has 1 unspecified atom stereocenters. The highest BCUT2D eigenvalue weighted by atomic mass is 19.3. The van der Waals surface area contributed by atoms with E-state index in [0.29, 0.717) is 11.6 Å². The molecule has 0 saturated heterocycles. The van der Waals surface area contributed by atoms with Gasteiger partial charge in [-0.15, -0.1) is 0 Å². The quantitative estimate of drug-likeness (QED) is 0.672. The summed E-state index contributed by atoms with van der Waals surface area (Å²) in [6.45, 7) is 4.72. The van der Waals surface area contributed by atoms with E-state index >= 15 is 0 Å². The fraction of sp³-hybridized carbons (Fsp3) is 0.455. The Kier molecular flexibility index (Phi) is 6.74. The molecule has 160 valence electrons. The van der Waals surface area contributed by atoms with Crippen LogP contribution in [0.1, 0.15) is 58.8 Å². The number of hydrogen-bond acceptors (Lipinski definition) is 5. The van der Waals surface area contributed by atoms with Crippen molar-refractivity contribution in [1.82, 2.24) is 15.3 Å². The molecule has 1 heterocycles. The number of Topliss-reactive ketones (excluding diaryl/α,β-unsaturated/α-hetero) is 1. The number of alkyl halides is 2. The van der Waals surface area contributed by atoms with Crippen molar-refractivity contribution < 1.29 is 23.1 Å². The largest absolute Gasteiger partial charge is 0.487 e. The minimum absolute atomic E-state index is 0.112. The van der Waals surface area contributed by atoms with Gasteiger partial charge in [-0.25, -0.2) is 18.7 Å². The van der Waals surface area contributed by atoms with Crippen LogP contribution in [-0.2, 0) is 11.2 Å². The number of amides is 1. The van der Waals surface area contributed by atoms with Crippen LogP contribution in [0.25, 0.3) is 0 Å². The Morgan fingerprint density at radius 2 is 1.90 bits per heavy atom. The average Bonchev–Trinajstić information content (AvgIpc) is 3.52. The number of ether oxygens (including phenoxy) is 1. The van der Waals surface area contributed by atoms with Crippen LogP contribution in [0.4, 0.5) is 8.78 Å². The SMILES string of the molecule is Cc1cc(C(C)NC(=O)c2ccnc(CC(=O)C3CC3)n2)cc(C)c1OCC(F)F. The highest BCUT2D eigenvalue weighted by Gasteiger charge is 2.30. The second-order valence-corrected chi connectivity index (χ2v) is 7.66. The van der Waals surface area contributed by atoms with Gasteiger partial charge in [0.1, 0.15) is 29.7 Å². The normalized spacial score (nSPS) is 14.5. The Labute approximate surface area is 174 Å². The van der Waals surface area contributed by atoms with Crippen molar-refractivity contribution in [3.63, 3.8) is 0 Å². The highest BCUT2D eigenvalue weighted by molar-refractivity contribution is 5.92. The lowest BCUT2D eigenvalue weighted by atomic mass is 10.0. The molecule has 0 aliphatic heterocycles. The molecule has 1 saturated carbocycles. The number of aryl methyl sites for hydroxylation is 2. The summed E-state index contributed by atoms with van der Waals surface area (Å²) in [4.78, 5) is 32.9. The minimum atomic E-state index is -2.54. The van der Waals surface area contributed by atoms with E-state index in [9.17, 15) is 18.4 Å². The molecular weight excluding hydrogens is 392 g/mol. The first-order valence-corrected chi connectivity index (χ1v) is 9.92. The van der Waals surface area contributed by atoms with Gasteiger partial charge in [-0.1, -0.05) is 12.1 Å². The number of hydrogen-bond donors (Lipinski definition) is 1. The van der Waals surface area contributed by atoms with E-state index in [2.05, 4.69) is 15.3 Å². The van der Waals surface area contributed by atoms with Gasteiger partial charge < -0.3 is 10.1 Å². The summed E-state index contributed by atoms with van der Waals surface area (Å²) in [5.74, 6) is 0.627. The van der Waals surface area contributed by atoms with Gasteiger partial charge in [0.2, 0.25) is 0 Å². The van der Waals surface area contributed by atoms with Crippen molar-refractivity contribution >= 4 is 11.7 Å². The third-order valence-electron chi connectivity index (χ3n) is 4.99. The lowest BCUT2D eigenvalue weighted by molar-refractivity contribution is -0.119. The van der Waals surface area contributed by atoms with Crippen LogP contribution in [0.5, 0.6) is 5.75 Å². The second-order valence-electron chi connectivity index (χ2n) is 7.66. The lowest BCUT2D eigenvalue weighted by Gasteiger charge is -2.18. The zero-order valence-corrected chi connectivity index (χ0v) is 17.2. The zero-order chi connectivity index (χ0) is 21.8. The molecule has 6 nitrogen and oxygen atoms in total.